The Morgan fingerprint density at radius 3 is 2.88 bits per heavy atom. The van der Waals surface area contributed by atoms with Crippen molar-refractivity contribution in [1.82, 2.24) is 5.32 Å². The van der Waals surface area contributed by atoms with E-state index in [9.17, 15) is 0 Å². The number of nitrogens with one attached hydrogen (secondary N) is 1. The van der Waals surface area contributed by atoms with Crippen LogP contribution in [0.25, 0.3) is 5.70 Å². The first-order valence-electron chi connectivity index (χ1n) is 4.72. The minimum Gasteiger partial charge on any atom is -0.359 e. The third kappa shape index (κ3) is 1.96. The molecule has 1 unspecified atom stereocenters. The van der Waals surface area contributed by atoms with Crippen LogP contribution in [0.4, 0.5) is 0 Å². The number of nitrogens with zero attached hydrogens (tertiary/aromatic N) is 1. The van der Waals surface area contributed by atoms with Gasteiger partial charge >= 0.3 is 0 Å². The number of halogens is 1. The average molecular weight is 296 g/mol. The fourth-order valence-corrected chi connectivity index (χ4v) is 3.23. The molecular formula is C11H10BrN3S. The molecule has 1 aliphatic rings. The van der Waals surface area contributed by atoms with E-state index in [4.69, 9.17) is 11.0 Å². The molecule has 0 saturated carbocycles. The van der Waals surface area contributed by atoms with E-state index in [1.165, 1.54) is 11.8 Å². The van der Waals surface area contributed by atoms with Gasteiger partial charge in [-0.3, -0.25) is 0 Å². The van der Waals surface area contributed by atoms with E-state index in [1.807, 2.05) is 25.1 Å². The van der Waals surface area contributed by atoms with Crippen LogP contribution in [0.2, 0.25) is 0 Å². The molecular weight excluding hydrogens is 286 g/mol. The van der Waals surface area contributed by atoms with Gasteiger partial charge in [0.15, 0.2) is 0 Å². The van der Waals surface area contributed by atoms with Gasteiger partial charge in [0.05, 0.1) is 21.1 Å². The summed E-state index contributed by atoms with van der Waals surface area (Å²) in [5.74, 6) is 0. The van der Waals surface area contributed by atoms with Gasteiger partial charge in [-0.25, -0.2) is 0 Å². The molecule has 82 valence electrons. The molecule has 0 fully saturated rings. The highest BCUT2D eigenvalue weighted by Gasteiger charge is 2.22. The summed E-state index contributed by atoms with van der Waals surface area (Å²) in [5.41, 5.74) is 9.31. The Kier molecular flexibility index (Phi) is 3.24. The molecule has 1 aromatic rings. The molecule has 0 aromatic heterocycles. The summed E-state index contributed by atoms with van der Waals surface area (Å²) in [6.45, 7) is 1.94. The second-order valence-corrected chi connectivity index (χ2v) is 5.89. The molecule has 1 aliphatic heterocycles. The van der Waals surface area contributed by atoms with Gasteiger partial charge in [0.1, 0.15) is 5.50 Å². The molecule has 16 heavy (non-hydrogen) atoms. The van der Waals surface area contributed by atoms with E-state index in [2.05, 4.69) is 27.3 Å². The number of benzene rings is 1. The molecule has 0 saturated heterocycles. The summed E-state index contributed by atoms with van der Waals surface area (Å²) in [5, 5.41) is 12.2. The Morgan fingerprint density at radius 2 is 2.31 bits per heavy atom. The van der Waals surface area contributed by atoms with Gasteiger partial charge in [0.25, 0.3) is 0 Å². The molecule has 1 atom stereocenters. The van der Waals surface area contributed by atoms with Crippen LogP contribution in [-0.4, -0.2) is 5.50 Å². The van der Waals surface area contributed by atoms with E-state index >= 15 is 0 Å². The number of nitrogens with two attached hydrogens (primary N) is 1. The summed E-state index contributed by atoms with van der Waals surface area (Å²) < 4.78 is 0.984. The van der Waals surface area contributed by atoms with Crippen LogP contribution in [0.5, 0.6) is 0 Å². The third-order valence-electron chi connectivity index (χ3n) is 2.44. The van der Waals surface area contributed by atoms with Crippen molar-refractivity contribution in [2.24, 2.45) is 5.73 Å². The normalized spacial score (nSPS) is 19.5. The second-order valence-electron chi connectivity index (χ2n) is 3.42. The molecule has 2 rings (SSSR count). The molecule has 0 radical (unpaired) electrons. The predicted molar refractivity (Wildman–Crippen MR) is 70.4 cm³/mol. The van der Waals surface area contributed by atoms with Crippen LogP contribution in [-0.2, 0) is 0 Å². The molecule has 3 N–H and O–H groups in total. The third-order valence-corrected chi connectivity index (χ3v) is 4.18. The number of rotatable bonds is 1. The first kappa shape index (κ1) is 11.5. The topological polar surface area (TPSA) is 61.8 Å². The van der Waals surface area contributed by atoms with E-state index in [0.29, 0.717) is 5.56 Å². The maximum absolute atomic E-state index is 8.98. The second kappa shape index (κ2) is 4.50. The molecule has 0 spiro atoms. The van der Waals surface area contributed by atoms with Crippen molar-refractivity contribution in [3.63, 3.8) is 0 Å². The lowest BCUT2D eigenvalue weighted by Crippen LogP contribution is -2.28. The SMILES string of the molecule is Cc1c(C#N)cccc1C1=C(Br)SC(N)N1. The summed E-state index contributed by atoms with van der Waals surface area (Å²) in [7, 11) is 0. The number of nitriles is 1. The maximum atomic E-state index is 8.98. The summed E-state index contributed by atoms with van der Waals surface area (Å²) in [4.78, 5) is 0. The standard InChI is InChI=1S/C11H10BrN3S/c1-6-7(5-13)3-2-4-8(6)9-10(12)16-11(14)15-9/h2-4,11,15H,14H2,1H3. The number of thioether (sulfide) groups is 1. The molecule has 0 amide bonds. The van der Waals surface area contributed by atoms with Crippen molar-refractivity contribution in [3.05, 3.63) is 38.7 Å². The van der Waals surface area contributed by atoms with Crippen molar-refractivity contribution < 1.29 is 0 Å². The predicted octanol–water partition coefficient (Wildman–Crippen LogP) is 2.47. The van der Waals surface area contributed by atoms with Gasteiger partial charge in [-0.2, -0.15) is 5.26 Å². The molecule has 1 aromatic carbocycles. The van der Waals surface area contributed by atoms with Crippen molar-refractivity contribution in [2.45, 2.75) is 12.4 Å². The van der Waals surface area contributed by atoms with Crippen LogP contribution in [0, 0.1) is 18.3 Å². The van der Waals surface area contributed by atoms with Crippen molar-refractivity contribution in [2.75, 3.05) is 0 Å². The zero-order valence-corrected chi connectivity index (χ0v) is 11.0. The van der Waals surface area contributed by atoms with Gasteiger partial charge in [-0.1, -0.05) is 23.9 Å². The van der Waals surface area contributed by atoms with Crippen LogP contribution < -0.4 is 11.1 Å². The van der Waals surface area contributed by atoms with Crippen LogP contribution in [0.3, 0.4) is 0 Å². The Balaban J connectivity index is 2.50. The molecule has 0 bridgehead atoms. The minimum absolute atomic E-state index is 0.130. The lowest BCUT2D eigenvalue weighted by molar-refractivity contribution is 0.852. The molecule has 3 nitrogen and oxygen atoms in total. The lowest BCUT2D eigenvalue weighted by Gasteiger charge is -2.11. The Bertz CT molecular complexity index is 504. The highest BCUT2D eigenvalue weighted by atomic mass is 79.9. The Labute approximate surface area is 107 Å². The van der Waals surface area contributed by atoms with E-state index in [0.717, 1.165) is 20.6 Å². The quantitative estimate of drug-likeness (QED) is 0.835. The van der Waals surface area contributed by atoms with Gasteiger partial charge < -0.3 is 11.1 Å². The van der Waals surface area contributed by atoms with Gasteiger partial charge in [0.2, 0.25) is 0 Å². The van der Waals surface area contributed by atoms with E-state index in [-0.39, 0.29) is 5.50 Å². The summed E-state index contributed by atoms with van der Waals surface area (Å²) in [6.07, 6.45) is 0. The van der Waals surface area contributed by atoms with E-state index < -0.39 is 0 Å². The average Bonchev–Trinajstić information content (AvgIpc) is 2.58. The number of hydrogen-bond donors (Lipinski definition) is 2. The zero-order valence-electron chi connectivity index (χ0n) is 8.62. The molecule has 1 heterocycles. The van der Waals surface area contributed by atoms with Crippen molar-refractivity contribution >= 4 is 33.4 Å². The zero-order chi connectivity index (χ0) is 11.7. The monoisotopic (exact) mass is 295 g/mol. The van der Waals surface area contributed by atoms with Gasteiger partial charge in [0, 0.05) is 5.56 Å². The van der Waals surface area contributed by atoms with Crippen molar-refractivity contribution in [1.29, 1.82) is 5.26 Å². The maximum Gasteiger partial charge on any atom is 0.128 e. The first-order chi connectivity index (χ1) is 7.63. The van der Waals surface area contributed by atoms with Crippen LogP contribution >= 0.6 is 27.7 Å². The summed E-state index contributed by atoms with van der Waals surface area (Å²) in [6, 6.07) is 7.86. The lowest BCUT2D eigenvalue weighted by atomic mass is 10.0. The van der Waals surface area contributed by atoms with Crippen LogP contribution in [0.1, 0.15) is 16.7 Å². The Hall–Kier alpha value is -0.960. The minimum atomic E-state index is -0.130. The fourth-order valence-electron chi connectivity index (χ4n) is 1.61. The first-order valence-corrected chi connectivity index (χ1v) is 6.39. The molecule has 0 aliphatic carbocycles. The smallest absolute Gasteiger partial charge is 0.128 e. The van der Waals surface area contributed by atoms with Crippen LogP contribution in [0.15, 0.2) is 22.0 Å². The largest absolute Gasteiger partial charge is 0.359 e. The number of hydrogen-bond acceptors (Lipinski definition) is 4. The highest BCUT2D eigenvalue weighted by molar-refractivity contribution is 9.14. The molecule has 5 heteroatoms. The van der Waals surface area contributed by atoms with Gasteiger partial charge in [-0.15, -0.1) is 0 Å². The van der Waals surface area contributed by atoms with Gasteiger partial charge in [-0.05, 0) is 34.5 Å². The highest BCUT2D eigenvalue weighted by Crippen LogP contribution is 2.38. The fraction of sp³-hybridized carbons (Fsp3) is 0.182. The summed E-state index contributed by atoms with van der Waals surface area (Å²) >= 11 is 5.01. The van der Waals surface area contributed by atoms with Crippen molar-refractivity contribution in [3.8, 4) is 6.07 Å². The Morgan fingerprint density at radius 1 is 1.56 bits per heavy atom. The van der Waals surface area contributed by atoms with E-state index in [1.54, 1.807) is 0 Å².